The maximum absolute atomic E-state index is 5.70. The van der Waals surface area contributed by atoms with E-state index in [1.807, 2.05) is 31.2 Å². The van der Waals surface area contributed by atoms with Crippen molar-refractivity contribution in [3.8, 4) is 5.75 Å². The maximum Gasteiger partial charge on any atom is 0.244 e. The summed E-state index contributed by atoms with van der Waals surface area (Å²) in [5.74, 6) is 2.29. The number of nitrogens with zero attached hydrogens (tertiary/aromatic N) is 3. The minimum atomic E-state index is 0.390. The van der Waals surface area contributed by atoms with Gasteiger partial charge >= 0.3 is 0 Å². The molecule has 0 amide bonds. The van der Waals surface area contributed by atoms with Crippen molar-refractivity contribution >= 4 is 5.95 Å². The van der Waals surface area contributed by atoms with E-state index in [9.17, 15) is 0 Å². The number of aromatic amines is 1. The van der Waals surface area contributed by atoms with Crippen LogP contribution in [0, 0.1) is 6.92 Å². The van der Waals surface area contributed by atoms with Gasteiger partial charge in [0.05, 0.1) is 13.2 Å². The lowest BCUT2D eigenvalue weighted by Crippen LogP contribution is -2.36. The highest BCUT2D eigenvalue weighted by Crippen LogP contribution is 2.14. The fourth-order valence-corrected chi connectivity index (χ4v) is 2.11. The summed E-state index contributed by atoms with van der Waals surface area (Å²) >= 11 is 0. The highest BCUT2D eigenvalue weighted by atomic mass is 16.5. The lowest BCUT2D eigenvalue weighted by molar-refractivity contribution is 0.122. The van der Waals surface area contributed by atoms with Gasteiger partial charge in [-0.25, -0.2) is 0 Å². The molecule has 0 atom stereocenters. The number of anilines is 1. The predicted octanol–water partition coefficient (Wildman–Crippen LogP) is 1.53. The highest BCUT2D eigenvalue weighted by molar-refractivity contribution is 5.30. The van der Waals surface area contributed by atoms with Gasteiger partial charge in [0.2, 0.25) is 5.95 Å². The molecular weight excluding hydrogens is 256 g/mol. The number of benzene rings is 1. The van der Waals surface area contributed by atoms with E-state index < -0.39 is 0 Å². The van der Waals surface area contributed by atoms with Gasteiger partial charge in [-0.2, -0.15) is 4.98 Å². The van der Waals surface area contributed by atoms with E-state index in [-0.39, 0.29) is 0 Å². The van der Waals surface area contributed by atoms with Crippen LogP contribution in [-0.2, 0) is 11.3 Å². The number of morpholine rings is 1. The molecule has 20 heavy (non-hydrogen) atoms. The number of aryl methyl sites for hydroxylation is 1. The molecule has 1 saturated heterocycles. The van der Waals surface area contributed by atoms with Gasteiger partial charge in [-0.05, 0) is 24.6 Å². The van der Waals surface area contributed by atoms with Crippen LogP contribution in [0.4, 0.5) is 5.95 Å². The van der Waals surface area contributed by atoms with E-state index >= 15 is 0 Å². The summed E-state index contributed by atoms with van der Waals surface area (Å²) in [5.41, 5.74) is 1.18. The van der Waals surface area contributed by atoms with Crippen LogP contribution < -0.4 is 9.64 Å². The molecule has 6 heteroatoms. The summed E-state index contributed by atoms with van der Waals surface area (Å²) in [7, 11) is 0. The Morgan fingerprint density at radius 1 is 1.35 bits per heavy atom. The zero-order valence-corrected chi connectivity index (χ0v) is 11.5. The third-order valence-corrected chi connectivity index (χ3v) is 3.18. The minimum Gasteiger partial charge on any atom is -0.486 e. The van der Waals surface area contributed by atoms with Crippen LogP contribution in [0.25, 0.3) is 0 Å². The molecule has 1 aromatic carbocycles. The van der Waals surface area contributed by atoms with E-state index in [0.29, 0.717) is 6.61 Å². The van der Waals surface area contributed by atoms with E-state index in [0.717, 1.165) is 43.8 Å². The molecule has 1 aliphatic heterocycles. The molecule has 1 aliphatic rings. The fraction of sp³-hybridized carbons (Fsp3) is 0.429. The third-order valence-electron chi connectivity index (χ3n) is 3.18. The van der Waals surface area contributed by atoms with Gasteiger partial charge in [-0.3, -0.25) is 5.10 Å². The molecule has 6 nitrogen and oxygen atoms in total. The second-order valence-corrected chi connectivity index (χ2v) is 4.79. The first-order valence-electron chi connectivity index (χ1n) is 6.75. The number of aromatic nitrogens is 3. The summed E-state index contributed by atoms with van der Waals surface area (Å²) in [6, 6.07) is 7.95. The Morgan fingerprint density at radius 3 is 3.00 bits per heavy atom. The smallest absolute Gasteiger partial charge is 0.244 e. The average Bonchev–Trinajstić information content (AvgIpc) is 2.95. The molecule has 0 aliphatic carbocycles. The van der Waals surface area contributed by atoms with Gasteiger partial charge in [0.25, 0.3) is 0 Å². The molecule has 1 aromatic heterocycles. The number of ether oxygens (including phenoxy) is 2. The normalized spacial score (nSPS) is 15.3. The van der Waals surface area contributed by atoms with E-state index in [1.54, 1.807) is 0 Å². The summed E-state index contributed by atoms with van der Waals surface area (Å²) in [5, 5.41) is 7.14. The van der Waals surface area contributed by atoms with Crippen molar-refractivity contribution < 1.29 is 9.47 Å². The maximum atomic E-state index is 5.70. The zero-order valence-electron chi connectivity index (χ0n) is 11.5. The Balaban J connectivity index is 1.59. The highest BCUT2D eigenvalue weighted by Gasteiger charge is 2.15. The summed E-state index contributed by atoms with van der Waals surface area (Å²) < 4.78 is 11.0. The third kappa shape index (κ3) is 3.08. The molecule has 106 valence electrons. The first kappa shape index (κ1) is 12.9. The van der Waals surface area contributed by atoms with E-state index in [4.69, 9.17) is 9.47 Å². The number of H-pyrrole nitrogens is 1. The van der Waals surface area contributed by atoms with Crippen LogP contribution in [0.15, 0.2) is 24.3 Å². The second kappa shape index (κ2) is 5.92. The lowest BCUT2D eigenvalue weighted by atomic mass is 10.2. The number of hydrogen-bond donors (Lipinski definition) is 1. The largest absolute Gasteiger partial charge is 0.486 e. The van der Waals surface area contributed by atoms with Gasteiger partial charge < -0.3 is 14.4 Å². The topological polar surface area (TPSA) is 63.3 Å². The van der Waals surface area contributed by atoms with Crippen molar-refractivity contribution in [3.63, 3.8) is 0 Å². The predicted molar refractivity (Wildman–Crippen MR) is 74.9 cm³/mol. The fourth-order valence-electron chi connectivity index (χ4n) is 2.11. The van der Waals surface area contributed by atoms with Gasteiger partial charge in [-0.15, -0.1) is 5.10 Å². The molecule has 0 unspecified atom stereocenters. The molecule has 0 radical (unpaired) electrons. The first-order valence-corrected chi connectivity index (χ1v) is 6.75. The Labute approximate surface area is 117 Å². The van der Waals surface area contributed by atoms with Crippen LogP contribution >= 0.6 is 0 Å². The van der Waals surface area contributed by atoms with Crippen molar-refractivity contribution in [2.24, 2.45) is 0 Å². The molecule has 0 bridgehead atoms. The Bertz CT molecular complexity index is 564. The number of rotatable bonds is 4. The second-order valence-electron chi connectivity index (χ2n) is 4.79. The van der Waals surface area contributed by atoms with Crippen LogP contribution in [0.5, 0.6) is 5.75 Å². The van der Waals surface area contributed by atoms with Gasteiger partial charge in [0.15, 0.2) is 5.82 Å². The summed E-state index contributed by atoms with van der Waals surface area (Å²) in [4.78, 5) is 6.56. The zero-order chi connectivity index (χ0) is 13.8. The van der Waals surface area contributed by atoms with Crippen molar-refractivity contribution in [1.82, 2.24) is 15.2 Å². The molecule has 1 fully saturated rings. The minimum absolute atomic E-state index is 0.390. The number of nitrogens with one attached hydrogen (secondary N) is 1. The van der Waals surface area contributed by atoms with Crippen molar-refractivity contribution in [1.29, 1.82) is 0 Å². The Morgan fingerprint density at radius 2 is 2.20 bits per heavy atom. The van der Waals surface area contributed by atoms with Crippen molar-refractivity contribution in [2.45, 2.75) is 13.5 Å². The quantitative estimate of drug-likeness (QED) is 0.916. The van der Waals surface area contributed by atoms with Gasteiger partial charge in [-0.1, -0.05) is 12.1 Å². The monoisotopic (exact) mass is 274 g/mol. The lowest BCUT2D eigenvalue weighted by Gasteiger charge is -2.25. The summed E-state index contributed by atoms with van der Waals surface area (Å²) in [6.45, 7) is 5.54. The molecule has 3 rings (SSSR count). The Kier molecular flexibility index (Phi) is 3.83. The van der Waals surface area contributed by atoms with Gasteiger partial charge in [0.1, 0.15) is 12.4 Å². The van der Waals surface area contributed by atoms with Gasteiger partial charge in [0, 0.05) is 13.1 Å². The van der Waals surface area contributed by atoms with E-state index in [1.165, 1.54) is 5.56 Å². The van der Waals surface area contributed by atoms with Crippen LogP contribution in [-0.4, -0.2) is 41.5 Å². The van der Waals surface area contributed by atoms with Crippen LogP contribution in [0.1, 0.15) is 11.4 Å². The van der Waals surface area contributed by atoms with Crippen LogP contribution in [0.3, 0.4) is 0 Å². The molecule has 1 N–H and O–H groups in total. The Hall–Kier alpha value is -2.08. The SMILES string of the molecule is Cc1cccc(OCc2nc(N3CCOCC3)n[nH]2)c1. The number of hydrogen-bond acceptors (Lipinski definition) is 5. The van der Waals surface area contributed by atoms with E-state index in [2.05, 4.69) is 20.1 Å². The summed E-state index contributed by atoms with van der Waals surface area (Å²) in [6.07, 6.45) is 0. The standard InChI is InChI=1S/C14H18N4O2/c1-11-3-2-4-12(9-11)20-10-13-15-14(17-16-13)18-5-7-19-8-6-18/h2-4,9H,5-8,10H2,1H3,(H,15,16,17). The first-order chi connectivity index (χ1) is 9.81. The van der Waals surface area contributed by atoms with Crippen LogP contribution in [0.2, 0.25) is 0 Å². The van der Waals surface area contributed by atoms with Crippen molar-refractivity contribution in [2.75, 3.05) is 31.2 Å². The average molecular weight is 274 g/mol. The van der Waals surface area contributed by atoms with Crippen molar-refractivity contribution in [3.05, 3.63) is 35.7 Å². The molecular formula is C14H18N4O2. The molecule has 0 saturated carbocycles. The molecule has 2 heterocycles. The molecule has 2 aromatic rings. The molecule has 0 spiro atoms.